The topological polar surface area (TPSA) is 15.3 Å². The van der Waals surface area contributed by atoms with Gasteiger partial charge in [-0.2, -0.15) is 0 Å². The predicted molar refractivity (Wildman–Crippen MR) is 114 cm³/mol. The van der Waals surface area contributed by atoms with E-state index in [1.165, 1.54) is 57.3 Å². The number of unbranched alkanes of at least 4 members (excludes halogenated alkanes) is 2. The summed E-state index contributed by atoms with van der Waals surface area (Å²) in [4.78, 5) is 2.60. The van der Waals surface area contributed by atoms with Crippen molar-refractivity contribution in [3.63, 3.8) is 0 Å². The summed E-state index contributed by atoms with van der Waals surface area (Å²) in [6, 6.07) is 5.82. The van der Waals surface area contributed by atoms with Gasteiger partial charge in [-0.15, -0.1) is 24.8 Å². The molecule has 142 valence electrons. The number of hydrogen-bond donors (Lipinski definition) is 1. The largest absolute Gasteiger partial charge is 0.313 e. The van der Waals surface area contributed by atoms with Crippen molar-refractivity contribution in [3.05, 3.63) is 33.8 Å². The van der Waals surface area contributed by atoms with Crippen LogP contribution in [0, 0.1) is 0 Å². The Bertz CT molecular complexity index is 408. The van der Waals surface area contributed by atoms with Gasteiger partial charge in [0.1, 0.15) is 0 Å². The second-order valence-corrected chi connectivity index (χ2v) is 6.64. The van der Waals surface area contributed by atoms with Crippen LogP contribution in [0.5, 0.6) is 0 Å². The molecule has 0 atom stereocenters. The lowest BCUT2D eigenvalue weighted by molar-refractivity contribution is 0.261. The summed E-state index contributed by atoms with van der Waals surface area (Å²) in [5.41, 5.74) is 1.18. The van der Waals surface area contributed by atoms with Crippen LogP contribution in [0.4, 0.5) is 0 Å². The summed E-state index contributed by atoms with van der Waals surface area (Å²) >= 11 is 12.0. The minimum Gasteiger partial charge on any atom is -0.313 e. The first kappa shape index (κ1) is 26.5. The lowest BCUT2D eigenvalue weighted by Gasteiger charge is -2.22. The standard InChI is InChI=1S/C18H30Cl2N2.2ClH/c1-3-5-11-22(12-6-4-2)13-7-10-21-15-16-8-9-17(19)18(20)14-16;;/h8-9,14,21H,3-7,10-13,15H2,1-2H3;2*1H. The molecule has 1 aromatic rings. The van der Waals surface area contributed by atoms with Crippen LogP contribution in [0.15, 0.2) is 18.2 Å². The summed E-state index contributed by atoms with van der Waals surface area (Å²) in [5, 5.41) is 4.74. The Labute approximate surface area is 170 Å². The Morgan fingerprint density at radius 2 is 1.46 bits per heavy atom. The second kappa shape index (κ2) is 16.8. The summed E-state index contributed by atoms with van der Waals surface area (Å²) in [5.74, 6) is 0. The molecule has 0 saturated carbocycles. The maximum atomic E-state index is 6.03. The zero-order chi connectivity index (χ0) is 16.2. The lowest BCUT2D eigenvalue weighted by atomic mass is 10.2. The lowest BCUT2D eigenvalue weighted by Crippen LogP contribution is -2.29. The van der Waals surface area contributed by atoms with Crippen molar-refractivity contribution in [3.8, 4) is 0 Å². The third kappa shape index (κ3) is 11.8. The number of nitrogens with zero attached hydrogens (tertiary/aromatic N) is 1. The van der Waals surface area contributed by atoms with Gasteiger partial charge in [-0.05, 0) is 63.1 Å². The van der Waals surface area contributed by atoms with Crippen molar-refractivity contribution in [1.82, 2.24) is 10.2 Å². The molecule has 0 aliphatic carbocycles. The van der Waals surface area contributed by atoms with Crippen LogP contribution in [0.25, 0.3) is 0 Å². The van der Waals surface area contributed by atoms with Crippen LogP contribution in [0.3, 0.4) is 0 Å². The van der Waals surface area contributed by atoms with E-state index in [1.807, 2.05) is 18.2 Å². The number of hydrogen-bond acceptors (Lipinski definition) is 2. The van der Waals surface area contributed by atoms with E-state index in [4.69, 9.17) is 23.2 Å². The van der Waals surface area contributed by atoms with Gasteiger partial charge in [0, 0.05) is 6.54 Å². The highest BCUT2D eigenvalue weighted by Crippen LogP contribution is 2.22. The number of halogens is 4. The van der Waals surface area contributed by atoms with Gasteiger partial charge in [-0.25, -0.2) is 0 Å². The van der Waals surface area contributed by atoms with Gasteiger partial charge >= 0.3 is 0 Å². The van der Waals surface area contributed by atoms with Crippen molar-refractivity contribution < 1.29 is 0 Å². The summed E-state index contributed by atoms with van der Waals surface area (Å²) in [7, 11) is 0. The number of nitrogens with one attached hydrogen (secondary N) is 1. The molecule has 0 heterocycles. The van der Waals surface area contributed by atoms with E-state index in [-0.39, 0.29) is 24.8 Å². The first-order valence-corrected chi connectivity index (χ1v) is 9.30. The van der Waals surface area contributed by atoms with Crippen LogP contribution in [-0.2, 0) is 6.54 Å². The molecule has 0 bridgehead atoms. The van der Waals surface area contributed by atoms with E-state index in [9.17, 15) is 0 Å². The monoisotopic (exact) mass is 416 g/mol. The molecule has 1 rings (SSSR count). The maximum absolute atomic E-state index is 6.03. The van der Waals surface area contributed by atoms with E-state index in [1.54, 1.807) is 0 Å². The van der Waals surface area contributed by atoms with E-state index < -0.39 is 0 Å². The molecular weight excluding hydrogens is 386 g/mol. The van der Waals surface area contributed by atoms with Gasteiger partial charge in [0.15, 0.2) is 0 Å². The third-order valence-electron chi connectivity index (χ3n) is 3.80. The molecule has 1 N–H and O–H groups in total. The van der Waals surface area contributed by atoms with Crippen molar-refractivity contribution in [1.29, 1.82) is 0 Å². The van der Waals surface area contributed by atoms with E-state index >= 15 is 0 Å². The summed E-state index contributed by atoms with van der Waals surface area (Å²) in [6.45, 7) is 10.1. The van der Waals surface area contributed by atoms with E-state index in [2.05, 4.69) is 24.1 Å². The van der Waals surface area contributed by atoms with Gasteiger partial charge in [0.05, 0.1) is 10.0 Å². The quantitative estimate of drug-likeness (QED) is 0.406. The van der Waals surface area contributed by atoms with Crippen molar-refractivity contribution in [2.24, 2.45) is 0 Å². The van der Waals surface area contributed by atoms with Gasteiger partial charge in [0.25, 0.3) is 0 Å². The molecule has 0 radical (unpaired) electrons. The van der Waals surface area contributed by atoms with Crippen LogP contribution >= 0.6 is 48.0 Å². The van der Waals surface area contributed by atoms with Gasteiger partial charge < -0.3 is 10.2 Å². The molecule has 0 amide bonds. The van der Waals surface area contributed by atoms with Crippen LogP contribution in [0.2, 0.25) is 10.0 Å². The SMILES string of the molecule is CCCCN(CCCC)CCCNCc1ccc(Cl)c(Cl)c1.Cl.Cl. The molecule has 0 aliphatic rings. The zero-order valence-corrected chi connectivity index (χ0v) is 18.0. The third-order valence-corrected chi connectivity index (χ3v) is 4.54. The fraction of sp³-hybridized carbons (Fsp3) is 0.667. The molecule has 0 aromatic heterocycles. The Kier molecular flexibility index (Phi) is 18.5. The molecule has 0 unspecified atom stereocenters. The minimum atomic E-state index is 0. The number of rotatable bonds is 12. The van der Waals surface area contributed by atoms with Crippen molar-refractivity contribution in [2.75, 3.05) is 26.2 Å². The summed E-state index contributed by atoms with van der Waals surface area (Å²) < 4.78 is 0. The van der Waals surface area contributed by atoms with E-state index in [0.29, 0.717) is 10.0 Å². The fourth-order valence-corrected chi connectivity index (χ4v) is 2.73. The first-order valence-electron chi connectivity index (χ1n) is 8.54. The maximum Gasteiger partial charge on any atom is 0.0595 e. The van der Waals surface area contributed by atoms with E-state index in [0.717, 1.165) is 13.1 Å². The molecule has 0 saturated heterocycles. The Balaban J connectivity index is 0. The van der Waals surface area contributed by atoms with Gasteiger partial charge in [-0.3, -0.25) is 0 Å². The Hall–Kier alpha value is 0.300. The minimum absolute atomic E-state index is 0. The zero-order valence-electron chi connectivity index (χ0n) is 14.8. The molecule has 0 aliphatic heterocycles. The molecule has 6 heteroatoms. The molecule has 24 heavy (non-hydrogen) atoms. The first-order chi connectivity index (χ1) is 10.7. The predicted octanol–water partition coefficient (Wildman–Crippen LogP) is 6.22. The molecule has 2 nitrogen and oxygen atoms in total. The number of benzene rings is 1. The highest BCUT2D eigenvalue weighted by molar-refractivity contribution is 6.42. The van der Waals surface area contributed by atoms with Crippen molar-refractivity contribution >= 4 is 48.0 Å². The average molecular weight is 418 g/mol. The fourth-order valence-electron chi connectivity index (χ4n) is 2.41. The van der Waals surface area contributed by atoms with Crippen LogP contribution in [0.1, 0.15) is 51.5 Å². The average Bonchev–Trinajstić information content (AvgIpc) is 2.52. The second-order valence-electron chi connectivity index (χ2n) is 5.83. The smallest absolute Gasteiger partial charge is 0.0595 e. The molecule has 0 fully saturated rings. The van der Waals surface area contributed by atoms with Crippen LogP contribution in [-0.4, -0.2) is 31.1 Å². The molecule has 1 aromatic carbocycles. The normalized spacial score (nSPS) is 10.4. The molecule has 0 spiro atoms. The molecular formula is C18H32Cl4N2. The van der Waals surface area contributed by atoms with Crippen molar-refractivity contribution in [2.45, 2.75) is 52.5 Å². The van der Waals surface area contributed by atoms with Gasteiger partial charge in [0.2, 0.25) is 0 Å². The highest BCUT2D eigenvalue weighted by atomic mass is 35.5. The highest BCUT2D eigenvalue weighted by Gasteiger charge is 2.03. The van der Waals surface area contributed by atoms with Crippen LogP contribution < -0.4 is 5.32 Å². The Morgan fingerprint density at radius 3 is 2.00 bits per heavy atom. The Morgan fingerprint density at radius 1 is 0.875 bits per heavy atom. The summed E-state index contributed by atoms with van der Waals surface area (Å²) in [6.07, 6.45) is 6.35. The van der Waals surface area contributed by atoms with Gasteiger partial charge in [-0.1, -0.05) is 56.0 Å².